The highest BCUT2D eigenvalue weighted by Crippen LogP contribution is 2.35. The maximum atomic E-state index is 9.08. The van der Waals surface area contributed by atoms with Crippen molar-refractivity contribution in [3.8, 4) is 0 Å². The van der Waals surface area contributed by atoms with Crippen molar-refractivity contribution in [3.05, 3.63) is 82.6 Å². The summed E-state index contributed by atoms with van der Waals surface area (Å²) in [4.78, 5) is 4.62. The third-order valence-corrected chi connectivity index (χ3v) is 4.72. The Morgan fingerprint density at radius 1 is 1.08 bits per heavy atom. The molecular weight excluding hydrogens is 348 g/mol. The van der Waals surface area contributed by atoms with Crippen molar-refractivity contribution in [1.82, 2.24) is 14.8 Å². The number of nitrogens with one attached hydrogen (secondary N) is 1. The summed E-state index contributed by atoms with van der Waals surface area (Å²) in [6.45, 7) is 0.124. The first kappa shape index (κ1) is 16.8. The van der Waals surface area contributed by atoms with Crippen LogP contribution >= 0.6 is 11.6 Å². The lowest BCUT2D eigenvalue weighted by molar-refractivity contribution is 0.287. The minimum Gasteiger partial charge on any atom is -0.396 e. The van der Waals surface area contributed by atoms with Crippen LogP contribution < -0.4 is 5.32 Å². The molecule has 1 aliphatic heterocycles. The molecule has 5 nitrogen and oxygen atoms in total. The van der Waals surface area contributed by atoms with Crippen LogP contribution in [-0.2, 0) is 6.42 Å². The van der Waals surface area contributed by atoms with Gasteiger partial charge in [-0.3, -0.25) is 0 Å². The van der Waals surface area contributed by atoms with Crippen LogP contribution in [0.3, 0.4) is 0 Å². The molecule has 0 fully saturated rings. The molecule has 0 saturated heterocycles. The molecule has 26 heavy (non-hydrogen) atoms. The standard InChI is InChI=1S/C20H19ClN4O/c21-16-10-5-4-9-15(16)18-13-17(14-7-2-1-3-8-14)22-20-23-19(11-6-12-26)24-25(18)20/h1-5,7-10,13,18,26H,6,11-12H2,(H,22,23,24). The molecule has 1 atom stereocenters. The second-order valence-corrected chi connectivity index (χ2v) is 6.57. The molecule has 3 aromatic rings. The summed E-state index contributed by atoms with van der Waals surface area (Å²) in [6.07, 6.45) is 3.39. The third kappa shape index (κ3) is 3.23. The van der Waals surface area contributed by atoms with Gasteiger partial charge in [0, 0.05) is 23.7 Å². The molecule has 2 heterocycles. The third-order valence-electron chi connectivity index (χ3n) is 4.38. The van der Waals surface area contributed by atoms with Crippen molar-refractivity contribution >= 4 is 23.2 Å². The van der Waals surface area contributed by atoms with Crippen LogP contribution in [0.1, 0.15) is 29.4 Å². The van der Waals surface area contributed by atoms with Crippen molar-refractivity contribution in [2.24, 2.45) is 0 Å². The van der Waals surface area contributed by atoms with Gasteiger partial charge >= 0.3 is 0 Å². The Morgan fingerprint density at radius 2 is 1.85 bits per heavy atom. The summed E-state index contributed by atoms with van der Waals surface area (Å²) in [5, 5.41) is 17.8. The Balaban J connectivity index is 1.79. The average molecular weight is 367 g/mol. The zero-order valence-electron chi connectivity index (χ0n) is 14.1. The summed E-state index contributed by atoms with van der Waals surface area (Å²) < 4.78 is 1.86. The molecule has 2 aromatic carbocycles. The van der Waals surface area contributed by atoms with E-state index >= 15 is 0 Å². The van der Waals surface area contributed by atoms with Gasteiger partial charge in [0.2, 0.25) is 5.95 Å². The molecule has 1 aliphatic rings. The fourth-order valence-electron chi connectivity index (χ4n) is 3.10. The van der Waals surface area contributed by atoms with E-state index in [9.17, 15) is 0 Å². The van der Waals surface area contributed by atoms with Gasteiger partial charge in [0.05, 0.1) is 0 Å². The average Bonchev–Trinajstić information content (AvgIpc) is 3.10. The van der Waals surface area contributed by atoms with Gasteiger partial charge in [-0.1, -0.05) is 60.1 Å². The Bertz CT molecular complexity index is 936. The number of aryl methyl sites for hydroxylation is 1. The smallest absolute Gasteiger partial charge is 0.226 e. The quantitative estimate of drug-likeness (QED) is 0.718. The zero-order valence-corrected chi connectivity index (χ0v) is 14.9. The first-order valence-electron chi connectivity index (χ1n) is 8.61. The van der Waals surface area contributed by atoms with Crippen LogP contribution in [0, 0.1) is 0 Å². The van der Waals surface area contributed by atoms with E-state index in [1.165, 1.54) is 0 Å². The molecule has 0 radical (unpaired) electrons. The number of benzene rings is 2. The van der Waals surface area contributed by atoms with E-state index < -0.39 is 0 Å². The van der Waals surface area contributed by atoms with Gasteiger partial charge in [-0.15, -0.1) is 0 Å². The van der Waals surface area contributed by atoms with Crippen LogP contribution in [0.4, 0.5) is 5.95 Å². The summed E-state index contributed by atoms with van der Waals surface area (Å²) in [5.41, 5.74) is 3.03. The lowest BCUT2D eigenvalue weighted by Gasteiger charge is -2.25. The maximum absolute atomic E-state index is 9.08. The van der Waals surface area contributed by atoms with Gasteiger partial charge < -0.3 is 10.4 Å². The normalized spacial score (nSPS) is 15.9. The van der Waals surface area contributed by atoms with Crippen LogP contribution in [0.5, 0.6) is 0 Å². The summed E-state index contributed by atoms with van der Waals surface area (Å²) in [7, 11) is 0. The number of aromatic nitrogens is 3. The first-order chi connectivity index (χ1) is 12.8. The van der Waals surface area contributed by atoms with E-state index in [0.29, 0.717) is 29.6 Å². The van der Waals surface area contributed by atoms with E-state index in [1.54, 1.807) is 0 Å². The summed E-state index contributed by atoms with van der Waals surface area (Å²) in [6, 6.07) is 17.8. The number of allylic oxidation sites excluding steroid dienone is 1. The highest BCUT2D eigenvalue weighted by atomic mass is 35.5. The summed E-state index contributed by atoms with van der Waals surface area (Å²) >= 11 is 6.46. The van der Waals surface area contributed by atoms with Crippen molar-refractivity contribution in [3.63, 3.8) is 0 Å². The van der Waals surface area contributed by atoms with Crippen LogP contribution in [0.2, 0.25) is 5.02 Å². The van der Waals surface area contributed by atoms with Gasteiger partial charge in [-0.05, 0) is 29.7 Å². The molecule has 1 aromatic heterocycles. The monoisotopic (exact) mass is 366 g/mol. The number of hydrogen-bond donors (Lipinski definition) is 2. The fraction of sp³-hybridized carbons (Fsp3) is 0.200. The molecule has 0 saturated carbocycles. The number of anilines is 1. The minimum absolute atomic E-state index is 0.124. The van der Waals surface area contributed by atoms with E-state index in [2.05, 4.69) is 33.6 Å². The van der Waals surface area contributed by atoms with Gasteiger partial charge in [-0.25, -0.2) is 4.68 Å². The van der Waals surface area contributed by atoms with Gasteiger partial charge in [0.25, 0.3) is 0 Å². The number of aliphatic hydroxyl groups is 1. The highest BCUT2D eigenvalue weighted by Gasteiger charge is 2.26. The Kier molecular flexibility index (Phi) is 4.73. The van der Waals surface area contributed by atoms with Crippen LogP contribution in [-0.4, -0.2) is 26.5 Å². The Hall–Kier alpha value is -2.63. The number of hydrogen-bond acceptors (Lipinski definition) is 4. The molecule has 0 spiro atoms. The Labute approximate surface area is 157 Å². The highest BCUT2D eigenvalue weighted by molar-refractivity contribution is 6.31. The predicted molar refractivity (Wildman–Crippen MR) is 103 cm³/mol. The van der Waals surface area contributed by atoms with Crippen molar-refractivity contribution in [2.75, 3.05) is 11.9 Å². The first-order valence-corrected chi connectivity index (χ1v) is 8.99. The molecule has 132 valence electrons. The molecular formula is C20H19ClN4O. The minimum atomic E-state index is -0.148. The second-order valence-electron chi connectivity index (χ2n) is 6.16. The van der Waals surface area contributed by atoms with Crippen LogP contribution in [0.15, 0.2) is 60.7 Å². The number of nitrogens with zero attached hydrogens (tertiary/aromatic N) is 3. The second kappa shape index (κ2) is 7.32. The fourth-order valence-corrected chi connectivity index (χ4v) is 3.35. The molecule has 0 amide bonds. The maximum Gasteiger partial charge on any atom is 0.226 e. The van der Waals surface area contributed by atoms with E-state index in [4.69, 9.17) is 16.7 Å². The lowest BCUT2D eigenvalue weighted by atomic mass is 10.0. The largest absolute Gasteiger partial charge is 0.396 e. The summed E-state index contributed by atoms with van der Waals surface area (Å²) in [5.74, 6) is 1.39. The molecule has 0 aliphatic carbocycles. The van der Waals surface area contributed by atoms with Crippen molar-refractivity contribution in [1.29, 1.82) is 0 Å². The van der Waals surface area contributed by atoms with Gasteiger partial charge in [0.15, 0.2) is 5.82 Å². The topological polar surface area (TPSA) is 63.0 Å². The lowest BCUT2D eigenvalue weighted by Crippen LogP contribution is -2.20. The van der Waals surface area contributed by atoms with Gasteiger partial charge in [-0.2, -0.15) is 10.1 Å². The number of rotatable bonds is 5. The zero-order chi connectivity index (χ0) is 17.9. The van der Waals surface area contributed by atoms with E-state index in [0.717, 1.165) is 16.8 Å². The SMILES string of the molecule is OCCCc1nc2n(n1)C(c1ccccc1Cl)C=C(c1ccccc1)N2. The molecule has 0 bridgehead atoms. The number of fused-ring (bicyclic) bond motifs is 1. The molecule has 6 heteroatoms. The predicted octanol–water partition coefficient (Wildman–Crippen LogP) is 3.91. The molecule has 1 unspecified atom stereocenters. The van der Waals surface area contributed by atoms with Gasteiger partial charge in [0.1, 0.15) is 6.04 Å². The van der Waals surface area contributed by atoms with Crippen molar-refractivity contribution < 1.29 is 5.11 Å². The molecule has 2 N–H and O–H groups in total. The number of aliphatic hydroxyl groups excluding tert-OH is 1. The number of halogens is 1. The van der Waals surface area contributed by atoms with E-state index in [1.807, 2.05) is 47.1 Å². The van der Waals surface area contributed by atoms with Crippen LogP contribution in [0.25, 0.3) is 5.70 Å². The molecule has 4 rings (SSSR count). The van der Waals surface area contributed by atoms with Crippen molar-refractivity contribution in [2.45, 2.75) is 18.9 Å². The van der Waals surface area contributed by atoms with E-state index in [-0.39, 0.29) is 12.6 Å². The Morgan fingerprint density at radius 3 is 2.62 bits per heavy atom.